The molecule has 1 aliphatic heterocycles. The first-order chi connectivity index (χ1) is 39.4. The first-order valence-electron chi connectivity index (χ1n) is 26.8. The van der Waals surface area contributed by atoms with E-state index in [4.69, 9.17) is 32.0 Å². The van der Waals surface area contributed by atoms with Crippen molar-refractivity contribution in [3.05, 3.63) is 158 Å². The van der Waals surface area contributed by atoms with Crippen molar-refractivity contribution in [1.82, 2.24) is 34.7 Å². The zero-order valence-corrected chi connectivity index (χ0v) is 49.4. The van der Waals surface area contributed by atoms with Crippen LogP contribution in [0.4, 0.5) is 57.4 Å². The van der Waals surface area contributed by atoms with Crippen LogP contribution in [0, 0.1) is 66.4 Å². The number of rotatable bonds is 16. The molecule has 5 heterocycles. The maximum Gasteiger partial charge on any atom is 0.303 e. The number of carbonyl (C=O) groups is 3. The van der Waals surface area contributed by atoms with Crippen LogP contribution in [0.25, 0.3) is 15.1 Å². The van der Waals surface area contributed by atoms with Crippen molar-refractivity contribution in [2.24, 2.45) is 20.5 Å². The van der Waals surface area contributed by atoms with E-state index >= 15 is 0 Å². The highest BCUT2D eigenvalue weighted by atomic mass is 32.1. The number of amides is 2. The van der Waals surface area contributed by atoms with Crippen molar-refractivity contribution < 1.29 is 19.5 Å². The topological polar surface area (TPSA) is 245 Å². The summed E-state index contributed by atoms with van der Waals surface area (Å²) in [5, 5.41) is 64.6. The Balaban J connectivity index is 1.17. The molecule has 21 nitrogen and oxygen atoms in total. The van der Waals surface area contributed by atoms with Gasteiger partial charge in [-0.05, 0) is 118 Å². The first-order valence-corrected chi connectivity index (χ1v) is 27.6. The fourth-order valence-corrected chi connectivity index (χ4v) is 10.9. The number of anilines is 6. The van der Waals surface area contributed by atoms with Crippen LogP contribution in [0.2, 0.25) is 0 Å². The molecule has 4 aromatic carbocycles. The van der Waals surface area contributed by atoms with Crippen molar-refractivity contribution in [3.8, 4) is 16.3 Å². The number of carboxylic acid groups (broad SMARTS) is 1. The summed E-state index contributed by atoms with van der Waals surface area (Å²) in [6, 6.07) is 28.4. The van der Waals surface area contributed by atoms with Crippen LogP contribution >= 0.6 is 11.3 Å². The lowest BCUT2D eigenvalue weighted by Gasteiger charge is -2.29. The summed E-state index contributed by atoms with van der Waals surface area (Å²) >= 11 is 1.00. The third-order valence-corrected chi connectivity index (χ3v) is 14.6. The van der Waals surface area contributed by atoms with Gasteiger partial charge in [0.25, 0.3) is 17.5 Å². The summed E-state index contributed by atoms with van der Waals surface area (Å²) in [6.45, 7) is 34.2. The molecule has 0 radical (unpaired) electrons. The van der Waals surface area contributed by atoms with E-state index in [1.54, 1.807) is 60.7 Å². The Morgan fingerprint density at radius 1 is 0.735 bits per heavy atom. The van der Waals surface area contributed by atoms with E-state index < -0.39 is 34.7 Å². The molecule has 1 fully saturated rings. The molecule has 0 saturated carbocycles. The van der Waals surface area contributed by atoms with Gasteiger partial charge in [-0.3, -0.25) is 14.4 Å². The fourth-order valence-electron chi connectivity index (χ4n) is 10.2. The molecule has 9 rings (SSSR count). The Hall–Kier alpha value is -9.80. The van der Waals surface area contributed by atoms with Crippen molar-refractivity contribution in [2.75, 3.05) is 26.8 Å². The Labute approximate surface area is 485 Å². The SMILES string of the molecule is [C-]#[N+]c1c(C(C)(C)C)nn(-c2nnc(-n3nc(C(C)(C)C)c(C#N)c3N=Nc3c(C)cc(N(CCCC(=O)O)c4c(C)cc(C)cc4C)nc3Nc3c(C)cc(C)cc3C)s2)c1N=NC1C(=O)N(c2ccccc2)N(c2ccccc2)C1=O. The normalized spacial score (nSPS) is 13.2. The minimum atomic E-state index is -1.63. The number of pyridine rings is 1. The van der Waals surface area contributed by atoms with Gasteiger partial charge in [-0.1, -0.05) is 125 Å². The van der Waals surface area contributed by atoms with Crippen LogP contribution in [0.5, 0.6) is 0 Å². The quantitative estimate of drug-likeness (QED) is 0.0521. The van der Waals surface area contributed by atoms with Crippen molar-refractivity contribution in [3.63, 3.8) is 0 Å². The maximum absolute atomic E-state index is 14.3. The number of carbonyl (C=O) groups excluding carboxylic acids is 2. The maximum atomic E-state index is 14.3. The molecule has 0 aliphatic carbocycles. The third kappa shape index (κ3) is 11.6. The minimum Gasteiger partial charge on any atom is -0.481 e. The van der Waals surface area contributed by atoms with Gasteiger partial charge in [-0.15, -0.1) is 25.5 Å². The average Bonchev–Trinajstić information content (AvgIpc) is 2.87. The third-order valence-electron chi connectivity index (χ3n) is 13.8. The van der Waals surface area contributed by atoms with Gasteiger partial charge in [-0.2, -0.15) is 29.9 Å². The van der Waals surface area contributed by atoms with Gasteiger partial charge >= 0.3 is 5.97 Å². The first kappa shape index (κ1) is 57.9. The van der Waals surface area contributed by atoms with Gasteiger partial charge < -0.3 is 15.3 Å². The van der Waals surface area contributed by atoms with Crippen LogP contribution in [-0.4, -0.2) is 70.2 Å². The number of nitriles is 1. The summed E-state index contributed by atoms with van der Waals surface area (Å²) in [5.74, 6) is -1.35. The monoisotopic (exact) mass is 1130 g/mol. The number of aliphatic carboxylic acids is 1. The molecule has 0 unspecified atom stereocenters. The number of hydrogen-bond acceptors (Lipinski definition) is 16. The van der Waals surface area contributed by atoms with Gasteiger partial charge in [0.15, 0.2) is 17.5 Å². The number of nitrogens with one attached hydrogen (secondary N) is 1. The summed E-state index contributed by atoms with van der Waals surface area (Å²) in [7, 11) is 0. The highest BCUT2D eigenvalue weighted by Crippen LogP contribution is 2.44. The molecule has 1 saturated heterocycles. The molecular formula is C61H63N17O4S. The average molecular weight is 1130 g/mol. The molecule has 0 spiro atoms. The zero-order valence-electron chi connectivity index (χ0n) is 48.6. The van der Waals surface area contributed by atoms with Gasteiger partial charge in [0.1, 0.15) is 23.1 Å². The number of hydrogen-bond donors (Lipinski definition) is 2. The number of para-hydroxylation sites is 2. The van der Waals surface area contributed by atoms with Crippen molar-refractivity contribution >= 4 is 86.5 Å². The largest absolute Gasteiger partial charge is 0.481 e. The molecule has 2 amide bonds. The Morgan fingerprint density at radius 2 is 1.25 bits per heavy atom. The molecule has 8 aromatic rings. The number of aryl methyl sites for hydroxylation is 7. The number of benzene rings is 4. The van der Waals surface area contributed by atoms with E-state index in [0.29, 0.717) is 58.6 Å². The highest BCUT2D eigenvalue weighted by molar-refractivity contribution is 7.16. The molecule has 422 valence electrons. The Bertz CT molecular complexity index is 3900. The van der Waals surface area contributed by atoms with E-state index in [-0.39, 0.29) is 39.6 Å². The number of hydrazine groups is 1. The number of azo groups is 2. The van der Waals surface area contributed by atoms with Crippen molar-refractivity contribution in [1.29, 1.82) is 5.26 Å². The molecule has 0 bridgehead atoms. The summed E-state index contributed by atoms with van der Waals surface area (Å²) in [6.07, 6.45) is 0.310. The molecule has 4 aromatic heterocycles. The van der Waals surface area contributed by atoms with E-state index in [9.17, 15) is 24.8 Å². The molecule has 2 N–H and O–H groups in total. The molecule has 1 aliphatic rings. The van der Waals surface area contributed by atoms with Crippen molar-refractivity contribution in [2.45, 2.75) is 120 Å². The second kappa shape index (κ2) is 23.0. The lowest BCUT2D eigenvalue weighted by molar-refractivity contribution is -0.137. The van der Waals surface area contributed by atoms with E-state index in [2.05, 4.69) is 65.8 Å². The van der Waals surface area contributed by atoms with Gasteiger partial charge in [0.2, 0.25) is 16.3 Å². The van der Waals surface area contributed by atoms with E-state index in [1.807, 2.05) is 96.1 Å². The summed E-state index contributed by atoms with van der Waals surface area (Å²) in [5.41, 5.74) is 9.27. The van der Waals surface area contributed by atoms with E-state index in [0.717, 1.165) is 56.1 Å². The van der Waals surface area contributed by atoms with Gasteiger partial charge in [0.05, 0.1) is 29.3 Å². The van der Waals surface area contributed by atoms with Crippen LogP contribution in [-0.2, 0) is 25.2 Å². The fraction of sp³-hybridized carbons (Fsp3) is 0.311. The van der Waals surface area contributed by atoms with E-state index in [1.165, 1.54) is 19.4 Å². The molecule has 0 atom stereocenters. The van der Waals surface area contributed by atoms with Gasteiger partial charge in [0, 0.05) is 29.8 Å². The predicted octanol–water partition coefficient (Wildman–Crippen LogP) is 14.1. The summed E-state index contributed by atoms with van der Waals surface area (Å²) in [4.78, 5) is 51.7. The van der Waals surface area contributed by atoms with Crippen LogP contribution < -0.4 is 20.2 Å². The molecule has 83 heavy (non-hydrogen) atoms. The Morgan fingerprint density at radius 3 is 1.76 bits per heavy atom. The van der Waals surface area contributed by atoms with Crippen LogP contribution in [0.1, 0.15) is 110 Å². The van der Waals surface area contributed by atoms with Crippen LogP contribution in [0.3, 0.4) is 0 Å². The second-order valence-electron chi connectivity index (χ2n) is 22.6. The predicted molar refractivity (Wildman–Crippen MR) is 320 cm³/mol. The molecule has 22 heteroatoms. The van der Waals surface area contributed by atoms with Crippen LogP contribution in [0.15, 0.2) is 111 Å². The standard InChI is InChI=1S/C61H63N17O4S/c1-34-28-36(3)46(37(4)29-34)65-53-47(38(5)32-44(64-53)74(27-21-26-45(79)80)50-39(6)30-35(2)31-40(50)7)66-68-54-43(33-62)51(60(8,9)10)72-75(54)58-70-71-59(83-58)76-55(48(63-14)52(73-76)61(11,12)13)69-67-49-56(81)77(41-22-17-15-18-23-41)78(57(49)82)42-24-19-16-20-25-42/h15-20,22-25,28-32,49H,21,26-27H2,1-13H3,(H,64,65)(H,79,80). The lowest BCUT2D eigenvalue weighted by atomic mass is 9.90. The molecular weight excluding hydrogens is 1070 g/mol. The number of nitrogens with zero attached hydrogens (tertiary/aromatic N) is 16. The number of aromatic nitrogens is 7. The zero-order chi connectivity index (χ0) is 59.8. The second-order valence-corrected chi connectivity index (χ2v) is 23.5. The smallest absolute Gasteiger partial charge is 0.303 e. The highest BCUT2D eigenvalue weighted by Gasteiger charge is 2.48. The minimum absolute atomic E-state index is 0.0223. The van der Waals surface area contributed by atoms with Gasteiger partial charge in [-0.25, -0.2) is 19.8 Å². The lowest BCUT2D eigenvalue weighted by Crippen LogP contribution is -2.41. The summed E-state index contributed by atoms with van der Waals surface area (Å²) < 4.78 is 2.70. The Kier molecular flexibility index (Phi) is 16.0. The number of carboxylic acids is 1.